The summed E-state index contributed by atoms with van der Waals surface area (Å²) in [5, 5.41) is 3.50. The summed E-state index contributed by atoms with van der Waals surface area (Å²) in [6, 6.07) is 3.54. The lowest BCUT2D eigenvalue weighted by Gasteiger charge is -2.10. The third-order valence-electron chi connectivity index (χ3n) is 1.88. The molecule has 1 aromatic rings. The van der Waals surface area contributed by atoms with Crippen LogP contribution in [-0.4, -0.2) is 14.2 Å². The van der Waals surface area contributed by atoms with Crippen molar-refractivity contribution in [1.29, 1.82) is 0 Å². The Morgan fingerprint density at radius 2 is 2.13 bits per heavy atom. The SMILES string of the molecule is COc1cc(Br)c(CN=[N+]=[N-])c(OC)c1. The standard InChI is InChI=1S/C9H10BrN3O2/c1-14-6-3-8(10)7(5-12-13-11)9(4-6)15-2/h3-4H,5H2,1-2H3. The van der Waals surface area contributed by atoms with Crippen LogP contribution in [0.15, 0.2) is 21.7 Å². The molecule has 15 heavy (non-hydrogen) atoms. The van der Waals surface area contributed by atoms with Gasteiger partial charge in [0.05, 0.1) is 20.8 Å². The van der Waals surface area contributed by atoms with Gasteiger partial charge >= 0.3 is 0 Å². The minimum absolute atomic E-state index is 0.240. The Kier molecular flexibility index (Phi) is 4.27. The van der Waals surface area contributed by atoms with Gasteiger partial charge in [-0.1, -0.05) is 21.0 Å². The van der Waals surface area contributed by atoms with Crippen molar-refractivity contribution in [3.8, 4) is 11.5 Å². The van der Waals surface area contributed by atoms with Gasteiger partial charge in [-0.3, -0.25) is 0 Å². The fourth-order valence-electron chi connectivity index (χ4n) is 1.14. The zero-order valence-corrected chi connectivity index (χ0v) is 9.98. The molecule has 0 heterocycles. The van der Waals surface area contributed by atoms with Crippen LogP contribution in [0.2, 0.25) is 0 Å². The molecule has 80 valence electrons. The maximum Gasteiger partial charge on any atom is 0.127 e. The van der Waals surface area contributed by atoms with E-state index in [0.29, 0.717) is 11.5 Å². The molecule has 0 N–H and O–H groups in total. The number of nitrogens with zero attached hydrogens (tertiary/aromatic N) is 3. The molecular weight excluding hydrogens is 262 g/mol. The van der Waals surface area contributed by atoms with E-state index in [2.05, 4.69) is 26.0 Å². The molecule has 0 atom stereocenters. The number of ether oxygens (including phenoxy) is 2. The van der Waals surface area contributed by atoms with Crippen molar-refractivity contribution in [2.45, 2.75) is 6.54 Å². The molecule has 5 nitrogen and oxygen atoms in total. The number of methoxy groups -OCH3 is 2. The van der Waals surface area contributed by atoms with Crippen LogP contribution < -0.4 is 9.47 Å². The Balaban J connectivity index is 3.17. The monoisotopic (exact) mass is 271 g/mol. The molecule has 0 aromatic heterocycles. The second-order valence-electron chi connectivity index (χ2n) is 2.68. The average Bonchev–Trinajstić information content (AvgIpc) is 2.26. The first kappa shape index (κ1) is 11.7. The normalized spacial score (nSPS) is 9.27. The maximum absolute atomic E-state index is 8.26. The van der Waals surface area contributed by atoms with Gasteiger partial charge in [-0.2, -0.15) is 0 Å². The molecule has 0 saturated carbocycles. The zero-order valence-electron chi connectivity index (χ0n) is 8.40. The van der Waals surface area contributed by atoms with Crippen LogP contribution in [0.5, 0.6) is 11.5 Å². The van der Waals surface area contributed by atoms with Crippen LogP contribution in [0.1, 0.15) is 5.56 Å². The number of benzene rings is 1. The van der Waals surface area contributed by atoms with Crippen molar-refractivity contribution in [2.75, 3.05) is 14.2 Å². The first-order chi connectivity index (χ1) is 7.22. The first-order valence-corrected chi connectivity index (χ1v) is 4.93. The molecule has 0 fully saturated rings. The summed E-state index contributed by atoms with van der Waals surface area (Å²) in [6.45, 7) is 0.240. The van der Waals surface area contributed by atoms with Gasteiger partial charge < -0.3 is 9.47 Å². The summed E-state index contributed by atoms with van der Waals surface area (Å²) in [4.78, 5) is 2.71. The summed E-state index contributed by atoms with van der Waals surface area (Å²) in [5.74, 6) is 1.32. The van der Waals surface area contributed by atoms with E-state index in [1.807, 2.05) is 0 Å². The first-order valence-electron chi connectivity index (χ1n) is 4.14. The number of halogens is 1. The molecule has 0 spiro atoms. The van der Waals surface area contributed by atoms with E-state index in [-0.39, 0.29) is 6.54 Å². The predicted molar refractivity (Wildman–Crippen MR) is 60.1 cm³/mol. The highest BCUT2D eigenvalue weighted by atomic mass is 79.9. The van der Waals surface area contributed by atoms with Crippen molar-refractivity contribution in [3.63, 3.8) is 0 Å². The Hall–Kier alpha value is -1.39. The second-order valence-corrected chi connectivity index (χ2v) is 3.53. The fraction of sp³-hybridized carbons (Fsp3) is 0.333. The molecule has 0 unspecified atom stereocenters. The number of hydrogen-bond acceptors (Lipinski definition) is 3. The fourth-order valence-corrected chi connectivity index (χ4v) is 1.69. The van der Waals surface area contributed by atoms with Crippen molar-refractivity contribution in [3.05, 3.63) is 32.6 Å². The highest BCUT2D eigenvalue weighted by Crippen LogP contribution is 2.32. The molecule has 0 saturated heterocycles. The molecule has 1 aromatic carbocycles. The zero-order chi connectivity index (χ0) is 11.3. The molecule has 6 heteroatoms. The quantitative estimate of drug-likeness (QED) is 0.479. The van der Waals surface area contributed by atoms with Gasteiger partial charge in [0.2, 0.25) is 0 Å². The molecule has 0 radical (unpaired) electrons. The van der Waals surface area contributed by atoms with Crippen molar-refractivity contribution in [1.82, 2.24) is 0 Å². The van der Waals surface area contributed by atoms with E-state index in [9.17, 15) is 0 Å². The van der Waals surface area contributed by atoms with Crippen molar-refractivity contribution in [2.24, 2.45) is 5.11 Å². The van der Waals surface area contributed by atoms with Gasteiger partial charge in [0.15, 0.2) is 0 Å². The van der Waals surface area contributed by atoms with Crippen LogP contribution in [0.25, 0.3) is 10.4 Å². The lowest BCUT2D eigenvalue weighted by Crippen LogP contribution is -1.94. The Morgan fingerprint density at radius 1 is 1.40 bits per heavy atom. The topological polar surface area (TPSA) is 67.2 Å². The van der Waals surface area contributed by atoms with Crippen LogP contribution in [0, 0.1) is 0 Å². The summed E-state index contributed by atoms with van der Waals surface area (Å²) in [7, 11) is 3.13. The smallest absolute Gasteiger partial charge is 0.127 e. The van der Waals surface area contributed by atoms with E-state index in [4.69, 9.17) is 15.0 Å². The molecule has 0 aliphatic heterocycles. The Morgan fingerprint density at radius 3 is 2.67 bits per heavy atom. The average molecular weight is 272 g/mol. The van der Waals surface area contributed by atoms with Crippen LogP contribution in [0.3, 0.4) is 0 Å². The van der Waals surface area contributed by atoms with Crippen LogP contribution in [0.4, 0.5) is 0 Å². The number of rotatable bonds is 4. The van der Waals surface area contributed by atoms with E-state index in [0.717, 1.165) is 10.0 Å². The third kappa shape index (κ3) is 2.78. The maximum atomic E-state index is 8.26. The molecule has 1 rings (SSSR count). The lowest BCUT2D eigenvalue weighted by molar-refractivity contribution is 0.390. The van der Waals surface area contributed by atoms with Gasteiger partial charge in [0.25, 0.3) is 0 Å². The van der Waals surface area contributed by atoms with E-state index >= 15 is 0 Å². The van der Waals surface area contributed by atoms with Gasteiger partial charge in [0.1, 0.15) is 11.5 Å². The molecule has 0 aliphatic rings. The van der Waals surface area contributed by atoms with E-state index in [1.54, 1.807) is 26.4 Å². The molecular formula is C9H10BrN3O2. The minimum Gasteiger partial charge on any atom is -0.497 e. The largest absolute Gasteiger partial charge is 0.497 e. The van der Waals surface area contributed by atoms with E-state index in [1.165, 1.54) is 0 Å². The van der Waals surface area contributed by atoms with Crippen molar-refractivity contribution < 1.29 is 9.47 Å². The summed E-state index contributed by atoms with van der Waals surface area (Å²) >= 11 is 3.37. The highest BCUT2D eigenvalue weighted by Gasteiger charge is 2.09. The van der Waals surface area contributed by atoms with Gasteiger partial charge in [0, 0.05) is 21.0 Å². The van der Waals surface area contributed by atoms with Crippen LogP contribution in [-0.2, 0) is 6.54 Å². The Labute approximate surface area is 95.8 Å². The summed E-state index contributed by atoms with van der Waals surface area (Å²) in [5.41, 5.74) is 9.06. The molecule has 0 bridgehead atoms. The predicted octanol–water partition coefficient (Wildman–Crippen LogP) is 3.28. The minimum atomic E-state index is 0.240. The number of azide groups is 1. The van der Waals surface area contributed by atoms with Gasteiger partial charge in [-0.15, -0.1) is 0 Å². The third-order valence-corrected chi connectivity index (χ3v) is 2.58. The summed E-state index contributed by atoms with van der Waals surface area (Å²) < 4.78 is 11.1. The number of hydrogen-bond donors (Lipinski definition) is 0. The van der Waals surface area contributed by atoms with Gasteiger partial charge in [-0.25, -0.2) is 0 Å². The van der Waals surface area contributed by atoms with E-state index < -0.39 is 0 Å². The second kappa shape index (κ2) is 5.48. The summed E-state index contributed by atoms with van der Waals surface area (Å²) in [6.07, 6.45) is 0. The highest BCUT2D eigenvalue weighted by molar-refractivity contribution is 9.10. The lowest BCUT2D eigenvalue weighted by atomic mass is 10.2. The van der Waals surface area contributed by atoms with Crippen LogP contribution >= 0.6 is 15.9 Å². The van der Waals surface area contributed by atoms with Gasteiger partial charge in [-0.05, 0) is 11.6 Å². The van der Waals surface area contributed by atoms with Crippen molar-refractivity contribution >= 4 is 15.9 Å². The Bertz CT molecular complexity index is 403. The molecule has 0 aliphatic carbocycles. The molecule has 0 amide bonds.